The molecular formula is C14H19F3N2O. The van der Waals surface area contributed by atoms with Gasteiger partial charge in [0.25, 0.3) is 0 Å². The highest BCUT2D eigenvalue weighted by Gasteiger charge is 2.31. The molecule has 0 heterocycles. The Hall–Kier alpha value is -1.27. The normalized spacial score (nSPS) is 16.2. The Labute approximate surface area is 116 Å². The molecule has 0 amide bonds. The van der Waals surface area contributed by atoms with E-state index in [2.05, 4.69) is 9.64 Å². The molecule has 6 heteroatoms. The lowest BCUT2D eigenvalue weighted by Gasteiger charge is -2.37. The second-order valence-corrected chi connectivity index (χ2v) is 5.04. The van der Waals surface area contributed by atoms with E-state index in [1.54, 1.807) is 12.1 Å². The van der Waals surface area contributed by atoms with Gasteiger partial charge in [0.05, 0.1) is 0 Å². The van der Waals surface area contributed by atoms with Crippen molar-refractivity contribution in [3.63, 3.8) is 0 Å². The lowest BCUT2D eigenvalue weighted by molar-refractivity contribution is -0.274. The maximum Gasteiger partial charge on any atom is 0.573 e. The van der Waals surface area contributed by atoms with Crippen molar-refractivity contribution in [1.29, 1.82) is 0 Å². The molecule has 1 fully saturated rings. The van der Waals surface area contributed by atoms with Gasteiger partial charge in [-0.05, 0) is 30.5 Å². The fraction of sp³-hybridized carbons (Fsp3) is 0.571. The molecule has 2 N–H and O–H groups in total. The van der Waals surface area contributed by atoms with E-state index in [-0.39, 0.29) is 5.75 Å². The molecule has 1 aromatic carbocycles. The van der Waals surface area contributed by atoms with Crippen molar-refractivity contribution in [3.05, 3.63) is 29.8 Å². The highest BCUT2D eigenvalue weighted by Crippen LogP contribution is 2.27. The predicted molar refractivity (Wildman–Crippen MR) is 70.2 cm³/mol. The predicted octanol–water partition coefficient (Wildman–Crippen LogP) is 2.90. The summed E-state index contributed by atoms with van der Waals surface area (Å²) in [6.45, 7) is 2.12. The summed E-state index contributed by atoms with van der Waals surface area (Å²) in [4.78, 5) is 2.29. The van der Waals surface area contributed by atoms with E-state index in [0.717, 1.165) is 12.1 Å². The molecule has 2 rings (SSSR count). The van der Waals surface area contributed by atoms with E-state index in [9.17, 15) is 13.2 Å². The van der Waals surface area contributed by atoms with Gasteiger partial charge < -0.3 is 10.5 Å². The zero-order valence-corrected chi connectivity index (χ0v) is 11.2. The Bertz CT molecular complexity index is 415. The number of hydrogen-bond acceptors (Lipinski definition) is 3. The number of nitrogens with zero attached hydrogens (tertiary/aromatic N) is 1. The number of benzene rings is 1. The minimum Gasteiger partial charge on any atom is -0.406 e. The first-order valence-corrected chi connectivity index (χ1v) is 6.77. The SMILES string of the molecule is NCCN(Cc1ccc(OC(F)(F)F)cc1)C1CCC1. The highest BCUT2D eigenvalue weighted by molar-refractivity contribution is 5.27. The lowest BCUT2D eigenvalue weighted by Crippen LogP contribution is -2.42. The summed E-state index contributed by atoms with van der Waals surface area (Å²) in [6.07, 6.45) is -1.05. The van der Waals surface area contributed by atoms with E-state index in [4.69, 9.17) is 5.73 Å². The van der Waals surface area contributed by atoms with Crippen LogP contribution in [0.25, 0.3) is 0 Å². The molecule has 112 valence electrons. The van der Waals surface area contributed by atoms with E-state index < -0.39 is 6.36 Å². The van der Waals surface area contributed by atoms with Gasteiger partial charge in [0, 0.05) is 25.7 Å². The van der Waals surface area contributed by atoms with Gasteiger partial charge in [0.2, 0.25) is 0 Å². The smallest absolute Gasteiger partial charge is 0.406 e. The molecule has 3 nitrogen and oxygen atoms in total. The summed E-state index contributed by atoms with van der Waals surface area (Å²) in [7, 11) is 0. The summed E-state index contributed by atoms with van der Waals surface area (Å²) < 4.78 is 40.1. The van der Waals surface area contributed by atoms with E-state index in [0.29, 0.717) is 19.1 Å². The molecule has 0 spiro atoms. The highest BCUT2D eigenvalue weighted by atomic mass is 19.4. The van der Waals surface area contributed by atoms with Crippen molar-refractivity contribution >= 4 is 0 Å². The van der Waals surface area contributed by atoms with Crippen LogP contribution >= 0.6 is 0 Å². The fourth-order valence-corrected chi connectivity index (χ4v) is 2.34. The first-order valence-electron chi connectivity index (χ1n) is 6.77. The number of halogens is 3. The molecule has 20 heavy (non-hydrogen) atoms. The molecule has 1 aromatic rings. The van der Waals surface area contributed by atoms with Gasteiger partial charge >= 0.3 is 6.36 Å². The average molecular weight is 288 g/mol. The van der Waals surface area contributed by atoms with Crippen LogP contribution in [0.1, 0.15) is 24.8 Å². The summed E-state index contributed by atoms with van der Waals surface area (Å²) >= 11 is 0. The molecule has 0 radical (unpaired) electrons. The van der Waals surface area contributed by atoms with Crippen molar-refractivity contribution in [2.24, 2.45) is 5.73 Å². The Balaban J connectivity index is 1.94. The van der Waals surface area contributed by atoms with Crippen molar-refractivity contribution in [2.75, 3.05) is 13.1 Å². The van der Waals surface area contributed by atoms with Crippen LogP contribution in [0.15, 0.2) is 24.3 Å². The van der Waals surface area contributed by atoms with Crippen molar-refractivity contribution in [1.82, 2.24) is 4.90 Å². The van der Waals surface area contributed by atoms with Gasteiger partial charge in [-0.2, -0.15) is 0 Å². The Kier molecular flexibility index (Phi) is 4.88. The van der Waals surface area contributed by atoms with Gasteiger partial charge in [-0.3, -0.25) is 4.90 Å². The van der Waals surface area contributed by atoms with E-state index in [1.807, 2.05) is 0 Å². The monoisotopic (exact) mass is 288 g/mol. The van der Waals surface area contributed by atoms with Crippen molar-refractivity contribution in [2.45, 2.75) is 38.2 Å². The fourth-order valence-electron chi connectivity index (χ4n) is 2.34. The molecule has 0 bridgehead atoms. The molecule has 0 atom stereocenters. The second-order valence-electron chi connectivity index (χ2n) is 5.04. The third-order valence-electron chi connectivity index (χ3n) is 3.55. The van der Waals surface area contributed by atoms with Crippen molar-refractivity contribution in [3.8, 4) is 5.75 Å². The Morgan fingerprint density at radius 1 is 1.20 bits per heavy atom. The number of alkyl halides is 3. The van der Waals surface area contributed by atoms with Gasteiger partial charge in [-0.25, -0.2) is 0 Å². The standard InChI is InChI=1S/C14H19F3N2O/c15-14(16,17)20-13-6-4-11(5-7-13)10-19(9-8-18)12-2-1-3-12/h4-7,12H,1-3,8-10,18H2. The second kappa shape index (κ2) is 6.45. The topological polar surface area (TPSA) is 38.5 Å². The zero-order valence-electron chi connectivity index (χ0n) is 11.2. The molecule has 0 aromatic heterocycles. The lowest BCUT2D eigenvalue weighted by atomic mass is 9.91. The Morgan fingerprint density at radius 3 is 2.30 bits per heavy atom. The molecule has 1 aliphatic carbocycles. The molecule has 0 unspecified atom stereocenters. The van der Waals surface area contributed by atoms with Gasteiger partial charge in [-0.1, -0.05) is 18.6 Å². The van der Waals surface area contributed by atoms with Gasteiger partial charge in [0.15, 0.2) is 0 Å². The van der Waals surface area contributed by atoms with E-state index in [1.165, 1.54) is 31.4 Å². The van der Waals surface area contributed by atoms with Crippen molar-refractivity contribution < 1.29 is 17.9 Å². The summed E-state index contributed by atoms with van der Waals surface area (Å²) in [5.41, 5.74) is 6.58. The maximum absolute atomic E-state index is 12.1. The van der Waals surface area contributed by atoms with Crippen LogP contribution in [0.4, 0.5) is 13.2 Å². The van der Waals surface area contributed by atoms with Crippen LogP contribution in [0, 0.1) is 0 Å². The molecule has 1 aliphatic rings. The number of rotatable bonds is 6. The van der Waals surface area contributed by atoms with Crippen LogP contribution in [0.5, 0.6) is 5.75 Å². The van der Waals surface area contributed by atoms with E-state index >= 15 is 0 Å². The third-order valence-corrected chi connectivity index (χ3v) is 3.55. The van der Waals surface area contributed by atoms with Crippen LogP contribution in [0.2, 0.25) is 0 Å². The molecule has 0 saturated heterocycles. The third kappa shape index (κ3) is 4.38. The van der Waals surface area contributed by atoms with Crippen LogP contribution in [-0.2, 0) is 6.54 Å². The van der Waals surface area contributed by atoms with Crippen LogP contribution in [-0.4, -0.2) is 30.4 Å². The van der Waals surface area contributed by atoms with Gasteiger partial charge in [-0.15, -0.1) is 13.2 Å². The first kappa shape index (κ1) is 15.1. The number of hydrogen-bond donors (Lipinski definition) is 1. The molecule has 0 aliphatic heterocycles. The number of nitrogens with two attached hydrogens (primary N) is 1. The van der Waals surface area contributed by atoms with Crippen LogP contribution < -0.4 is 10.5 Å². The van der Waals surface area contributed by atoms with Gasteiger partial charge in [0.1, 0.15) is 5.75 Å². The molecular weight excluding hydrogens is 269 g/mol. The minimum absolute atomic E-state index is 0.185. The first-order chi connectivity index (χ1) is 9.48. The van der Waals surface area contributed by atoms with Crippen LogP contribution in [0.3, 0.4) is 0 Å². The Morgan fingerprint density at radius 2 is 1.85 bits per heavy atom. The maximum atomic E-state index is 12.1. The number of ether oxygens (including phenoxy) is 1. The quantitative estimate of drug-likeness (QED) is 0.874. The summed E-state index contributed by atoms with van der Waals surface area (Å²) in [5.74, 6) is -0.185. The minimum atomic E-state index is -4.64. The molecule has 1 saturated carbocycles. The largest absolute Gasteiger partial charge is 0.573 e. The average Bonchev–Trinajstić information content (AvgIpc) is 2.28. The summed E-state index contributed by atoms with van der Waals surface area (Å²) in [5, 5.41) is 0. The zero-order chi connectivity index (χ0) is 14.6. The summed E-state index contributed by atoms with van der Waals surface area (Å²) in [6, 6.07) is 6.60.